The molecule has 0 aromatic heterocycles. The van der Waals surface area contributed by atoms with Crippen LogP contribution in [-0.2, 0) is 27.8 Å². The molecule has 1 aliphatic heterocycles. The first-order chi connectivity index (χ1) is 12.0. The lowest BCUT2D eigenvalue weighted by atomic mass is 10.00. The summed E-state index contributed by atoms with van der Waals surface area (Å²) in [6, 6.07) is 5.89. The van der Waals surface area contributed by atoms with Gasteiger partial charge in [0.2, 0.25) is 15.9 Å². The SMILES string of the molecule is CCCS(=O)(=O)N1CCc2ccc(NC(=O)CC3CCCC3)cc2C1. The van der Waals surface area contributed by atoms with Crippen LogP contribution in [0.15, 0.2) is 18.2 Å². The van der Waals surface area contributed by atoms with E-state index in [9.17, 15) is 13.2 Å². The number of amides is 1. The summed E-state index contributed by atoms with van der Waals surface area (Å²) in [4.78, 5) is 12.2. The van der Waals surface area contributed by atoms with Gasteiger partial charge in [-0.3, -0.25) is 4.79 Å². The second kappa shape index (κ2) is 7.87. The highest BCUT2D eigenvalue weighted by atomic mass is 32.2. The number of nitrogens with zero attached hydrogens (tertiary/aromatic N) is 1. The molecule has 0 unspecified atom stereocenters. The van der Waals surface area contributed by atoms with Crippen molar-refractivity contribution in [2.75, 3.05) is 17.6 Å². The van der Waals surface area contributed by atoms with Gasteiger partial charge in [-0.25, -0.2) is 8.42 Å². The van der Waals surface area contributed by atoms with E-state index in [0.717, 1.165) is 30.5 Å². The molecule has 25 heavy (non-hydrogen) atoms. The van der Waals surface area contributed by atoms with Crippen LogP contribution in [0.25, 0.3) is 0 Å². The Morgan fingerprint density at radius 2 is 2.00 bits per heavy atom. The van der Waals surface area contributed by atoms with Gasteiger partial charge in [0, 0.05) is 25.2 Å². The van der Waals surface area contributed by atoms with Crippen molar-refractivity contribution in [1.29, 1.82) is 0 Å². The zero-order valence-corrected chi connectivity index (χ0v) is 15.8. The molecule has 138 valence electrons. The van der Waals surface area contributed by atoms with Gasteiger partial charge < -0.3 is 5.32 Å². The number of fused-ring (bicyclic) bond motifs is 1. The number of hydrogen-bond acceptors (Lipinski definition) is 3. The first-order valence-electron chi connectivity index (χ1n) is 9.37. The fraction of sp³-hybridized carbons (Fsp3) is 0.632. The predicted molar refractivity (Wildman–Crippen MR) is 99.8 cm³/mol. The molecular weight excluding hydrogens is 336 g/mol. The van der Waals surface area contributed by atoms with E-state index in [0.29, 0.717) is 31.8 Å². The zero-order chi connectivity index (χ0) is 17.9. The van der Waals surface area contributed by atoms with Gasteiger partial charge in [0.05, 0.1) is 5.75 Å². The van der Waals surface area contributed by atoms with E-state index in [-0.39, 0.29) is 11.7 Å². The number of sulfonamides is 1. The maximum absolute atomic E-state index is 12.3. The third kappa shape index (κ3) is 4.61. The maximum atomic E-state index is 12.3. The van der Waals surface area contributed by atoms with Crippen LogP contribution in [0.4, 0.5) is 5.69 Å². The Labute approximate surface area is 150 Å². The van der Waals surface area contributed by atoms with Crippen LogP contribution in [0.1, 0.15) is 56.6 Å². The zero-order valence-electron chi connectivity index (χ0n) is 15.0. The monoisotopic (exact) mass is 364 g/mol. The number of carbonyl (C=O) groups is 1. The molecule has 0 atom stereocenters. The van der Waals surface area contributed by atoms with E-state index in [2.05, 4.69) is 5.32 Å². The van der Waals surface area contributed by atoms with Crippen molar-refractivity contribution < 1.29 is 13.2 Å². The summed E-state index contributed by atoms with van der Waals surface area (Å²) in [5.41, 5.74) is 2.96. The Kier molecular flexibility index (Phi) is 5.79. The molecule has 1 fully saturated rings. The molecule has 1 aromatic rings. The van der Waals surface area contributed by atoms with E-state index >= 15 is 0 Å². The molecular formula is C19H28N2O3S. The van der Waals surface area contributed by atoms with E-state index in [1.807, 2.05) is 25.1 Å². The number of hydrogen-bond donors (Lipinski definition) is 1. The minimum atomic E-state index is -3.18. The van der Waals surface area contributed by atoms with E-state index in [1.54, 1.807) is 4.31 Å². The number of rotatable bonds is 6. The molecule has 3 rings (SSSR count). The molecule has 2 aliphatic rings. The maximum Gasteiger partial charge on any atom is 0.224 e. The van der Waals surface area contributed by atoms with Gasteiger partial charge >= 0.3 is 0 Å². The molecule has 1 aromatic carbocycles. The Morgan fingerprint density at radius 3 is 2.72 bits per heavy atom. The van der Waals surface area contributed by atoms with Gasteiger partial charge in [-0.2, -0.15) is 4.31 Å². The second-order valence-corrected chi connectivity index (χ2v) is 9.37. The van der Waals surface area contributed by atoms with Crippen LogP contribution >= 0.6 is 0 Å². The van der Waals surface area contributed by atoms with Crippen molar-refractivity contribution >= 4 is 21.6 Å². The van der Waals surface area contributed by atoms with E-state index in [4.69, 9.17) is 0 Å². The summed E-state index contributed by atoms with van der Waals surface area (Å²) in [5.74, 6) is 0.783. The van der Waals surface area contributed by atoms with E-state index in [1.165, 1.54) is 18.4 Å². The highest BCUT2D eigenvalue weighted by Gasteiger charge is 2.26. The molecule has 1 N–H and O–H groups in total. The van der Waals surface area contributed by atoms with Crippen molar-refractivity contribution in [2.24, 2.45) is 5.92 Å². The molecule has 0 radical (unpaired) electrons. The first-order valence-corrected chi connectivity index (χ1v) is 11.0. The van der Waals surface area contributed by atoms with Gasteiger partial charge in [0.1, 0.15) is 0 Å². The highest BCUT2D eigenvalue weighted by molar-refractivity contribution is 7.89. The van der Waals surface area contributed by atoms with Crippen LogP contribution in [-0.4, -0.2) is 30.9 Å². The summed E-state index contributed by atoms with van der Waals surface area (Å²) >= 11 is 0. The highest BCUT2D eigenvalue weighted by Crippen LogP contribution is 2.28. The van der Waals surface area contributed by atoms with Gasteiger partial charge in [0.25, 0.3) is 0 Å². The van der Waals surface area contributed by atoms with Crippen LogP contribution in [0, 0.1) is 5.92 Å². The molecule has 0 saturated heterocycles. The molecule has 1 saturated carbocycles. The second-order valence-electron chi connectivity index (χ2n) is 7.29. The van der Waals surface area contributed by atoms with Crippen LogP contribution < -0.4 is 5.32 Å². The van der Waals surface area contributed by atoms with Crippen molar-refractivity contribution in [3.63, 3.8) is 0 Å². The first kappa shape index (κ1) is 18.4. The molecule has 0 bridgehead atoms. The van der Waals surface area contributed by atoms with Gasteiger partial charge in [-0.1, -0.05) is 25.8 Å². The lowest BCUT2D eigenvalue weighted by molar-refractivity contribution is -0.117. The number of benzene rings is 1. The molecule has 1 heterocycles. The Hall–Kier alpha value is -1.40. The number of anilines is 1. The molecule has 6 heteroatoms. The van der Waals surface area contributed by atoms with Gasteiger partial charge in [0.15, 0.2) is 0 Å². The van der Waals surface area contributed by atoms with Crippen molar-refractivity contribution in [3.8, 4) is 0 Å². The molecule has 5 nitrogen and oxygen atoms in total. The van der Waals surface area contributed by atoms with Gasteiger partial charge in [-0.05, 0) is 54.9 Å². The van der Waals surface area contributed by atoms with Crippen molar-refractivity contribution in [3.05, 3.63) is 29.3 Å². The number of carbonyl (C=O) groups excluding carboxylic acids is 1. The fourth-order valence-corrected chi connectivity index (χ4v) is 5.40. The lowest BCUT2D eigenvalue weighted by Crippen LogP contribution is -2.37. The normalized spacial score (nSPS) is 18.9. The summed E-state index contributed by atoms with van der Waals surface area (Å²) in [6.45, 7) is 2.83. The largest absolute Gasteiger partial charge is 0.326 e. The fourth-order valence-electron chi connectivity index (χ4n) is 3.92. The quantitative estimate of drug-likeness (QED) is 0.842. The predicted octanol–water partition coefficient (Wildman–Crippen LogP) is 3.30. The third-order valence-electron chi connectivity index (χ3n) is 5.27. The summed E-state index contributed by atoms with van der Waals surface area (Å²) in [6.07, 6.45) is 6.73. The van der Waals surface area contributed by atoms with Gasteiger partial charge in [-0.15, -0.1) is 0 Å². The van der Waals surface area contributed by atoms with Crippen molar-refractivity contribution in [2.45, 2.75) is 58.4 Å². The lowest BCUT2D eigenvalue weighted by Gasteiger charge is -2.28. The molecule has 0 spiro atoms. The Balaban J connectivity index is 1.66. The Morgan fingerprint density at radius 1 is 1.24 bits per heavy atom. The number of nitrogens with one attached hydrogen (secondary N) is 1. The average molecular weight is 365 g/mol. The standard InChI is InChI=1S/C19H28N2O3S/c1-2-11-25(23,24)21-10-9-16-7-8-18(13-17(16)14-21)20-19(22)12-15-5-3-4-6-15/h7-8,13,15H,2-6,9-12,14H2,1H3,(H,20,22). The molecule has 1 aliphatic carbocycles. The minimum absolute atomic E-state index is 0.0677. The summed E-state index contributed by atoms with van der Waals surface area (Å²) in [7, 11) is -3.18. The minimum Gasteiger partial charge on any atom is -0.326 e. The Bertz CT molecular complexity index is 724. The smallest absolute Gasteiger partial charge is 0.224 e. The topological polar surface area (TPSA) is 66.5 Å². The molecule has 1 amide bonds. The van der Waals surface area contributed by atoms with Crippen LogP contribution in [0.3, 0.4) is 0 Å². The summed E-state index contributed by atoms with van der Waals surface area (Å²) < 4.78 is 26.2. The van der Waals surface area contributed by atoms with Crippen LogP contribution in [0.5, 0.6) is 0 Å². The van der Waals surface area contributed by atoms with Crippen LogP contribution in [0.2, 0.25) is 0 Å². The average Bonchev–Trinajstić information content (AvgIpc) is 3.07. The third-order valence-corrected chi connectivity index (χ3v) is 7.29. The van der Waals surface area contributed by atoms with E-state index < -0.39 is 10.0 Å². The summed E-state index contributed by atoms with van der Waals surface area (Å²) in [5, 5.41) is 2.99. The van der Waals surface area contributed by atoms with Crippen molar-refractivity contribution in [1.82, 2.24) is 4.31 Å².